The number of hydrogen-bond donors (Lipinski definition) is 1. The summed E-state index contributed by atoms with van der Waals surface area (Å²) in [5.41, 5.74) is 2.50. The van der Waals surface area contributed by atoms with Crippen LogP contribution in [0.1, 0.15) is 24.6 Å². The van der Waals surface area contributed by atoms with Crippen LogP contribution in [0.3, 0.4) is 0 Å². The van der Waals surface area contributed by atoms with Crippen molar-refractivity contribution in [2.24, 2.45) is 7.05 Å². The molecule has 1 heterocycles. The highest BCUT2D eigenvalue weighted by Crippen LogP contribution is 2.14. The molecule has 0 amide bonds. The van der Waals surface area contributed by atoms with E-state index < -0.39 is 0 Å². The number of aromatic nitrogens is 2. The van der Waals surface area contributed by atoms with Gasteiger partial charge in [-0.15, -0.1) is 0 Å². The lowest BCUT2D eigenvalue weighted by Gasteiger charge is -2.17. The highest BCUT2D eigenvalue weighted by atomic mass is 16.5. The first-order valence-electron chi connectivity index (χ1n) is 7.56. The van der Waals surface area contributed by atoms with Gasteiger partial charge >= 0.3 is 0 Å². The highest BCUT2D eigenvalue weighted by molar-refractivity contribution is 5.27. The molecule has 2 rings (SSSR count). The Morgan fingerprint density at radius 3 is 2.57 bits per heavy atom. The van der Waals surface area contributed by atoms with E-state index in [2.05, 4.69) is 35.5 Å². The minimum atomic E-state index is 0.465. The molecule has 0 saturated heterocycles. The molecule has 0 fully saturated rings. The van der Waals surface area contributed by atoms with Crippen molar-refractivity contribution in [1.29, 1.82) is 0 Å². The van der Waals surface area contributed by atoms with Gasteiger partial charge in [0, 0.05) is 25.7 Å². The Labute approximate surface area is 127 Å². The molecule has 4 nitrogen and oxygen atoms in total. The normalized spacial score (nSPS) is 12.3. The largest absolute Gasteiger partial charge is 0.497 e. The Hall–Kier alpha value is -1.81. The first kappa shape index (κ1) is 15.6. The number of benzene rings is 1. The minimum absolute atomic E-state index is 0.465. The van der Waals surface area contributed by atoms with Gasteiger partial charge in [-0.05, 0) is 43.1 Å². The number of rotatable bonds is 8. The summed E-state index contributed by atoms with van der Waals surface area (Å²) in [7, 11) is 3.66. The number of ether oxygens (including phenoxy) is 1. The molecule has 0 spiro atoms. The summed E-state index contributed by atoms with van der Waals surface area (Å²) in [4.78, 5) is 0. The molecule has 0 aliphatic rings. The molecule has 1 aromatic carbocycles. The van der Waals surface area contributed by atoms with Gasteiger partial charge in [0.2, 0.25) is 0 Å². The molecule has 0 radical (unpaired) electrons. The van der Waals surface area contributed by atoms with E-state index >= 15 is 0 Å². The second kappa shape index (κ2) is 7.84. The maximum atomic E-state index is 5.19. The number of nitrogens with one attached hydrogen (secondary N) is 1. The summed E-state index contributed by atoms with van der Waals surface area (Å²) in [5.74, 6) is 0.912. The molecule has 1 unspecified atom stereocenters. The van der Waals surface area contributed by atoms with Crippen molar-refractivity contribution < 1.29 is 4.74 Å². The summed E-state index contributed by atoms with van der Waals surface area (Å²) in [5, 5.41) is 8.03. The molecule has 2 aromatic rings. The van der Waals surface area contributed by atoms with Crippen molar-refractivity contribution in [2.75, 3.05) is 13.7 Å². The molecule has 4 heteroatoms. The van der Waals surface area contributed by atoms with Crippen molar-refractivity contribution >= 4 is 0 Å². The van der Waals surface area contributed by atoms with Crippen molar-refractivity contribution in [3.8, 4) is 5.75 Å². The number of likely N-dealkylation sites (N-methyl/N-ethyl adjacent to an activating group) is 1. The van der Waals surface area contributed by atoms with E-state index in [9.17, 15) is 0 Å². The number of nitrogens with zero attached hydrogens (tertiary/aromatic N) is 2. The third-order valence-corrected chi connectivity index (χ3v) is 3.66. The molecule has 0 aliphatic carbocycles. The topological polar surface area (TPSA) is 39.1 Å². The fourth-order valence-corrected chi connectivity index (χ4v) is 2.52. The predicted molar refractivity (Wildman–Crippen MR) is 85.7 cm³/mol. The number of aryl methyl sites for hydroxylation is 2. The van der Waals surface area contributed by atoms with E-state index in [0.29, 0.717) is 6.04 Å². The lowest BCUT2D eigenvalue weighted by Crippen LogP contribution is -2.31. The Morgan fingerprint density at radius 2 is 2.00 bits per heavy atom. The van der Waals surface area contributed by atoms with Crippen LogP contribution < -0.4 is 10.1 Å². The summed E-state index contributed by atoms with van der Waals surface area (Å²) in [6.45, 7) is 3.14. The molecular weight excluding hydrogens is 262 g/mol. The minimum Gasteiger partial charge on any atom is -0.497 e. The van der Waals surface area contributed by atoms with E-state index in [1.807, 2.05) is 30.1 Å². The van der Waals surface area contributed by atoms with Gasteiger partial charge in [-0.25, -0.2) is 0 Å². The summed E-state index contributed by atoms with van der Waals surface area (Å²) in [6.07, 6.45) is 5.15. The average Bonchev–Trinajstić information content (AvgIpc) is 2.91. The quantitative estimate of drug-likeness (QED) is 0.811. The lowest BCUT2D eigenvalue weighted by atomic mass is 10.0. The predicted octanol–water partition coefficient (Wildman–Crippen LogP) is 2.58. The molecule has 114 valence electrons. The molecular formula is C17H25N3O. The van der Waals surface area contributed by atoms with Gasteiger partial charge in [0.25, 0.3) is 0 Å². The zero-order chi connectivity index (χ0) is 15.1. The number of hydrogen-bond acceptors (Lipinski definition) is 3. The standard InChI is InChI=1S/C17H25N3O/c1-4-18-15(13-16-11-12-20(2)19-16)8-5-14-6-9-17(21-3)10-7-14/h6-7,9-12,15,18H,4-5,8,13H2,1-3H3. The Balaban J connectivity index is 1.89. The summed E-state index contributed by atoms with van der Waals surface area (Å²) in [6, 6.07) is 10.9. The van der Waals surface area contributed by atoms with Crippen LogP contribution in [-0.2, 0) is 19.9 Å². The van der Waals surface area contributed by atoms with Gasteiger partial charge < -0.3 is 10.1 Å². The van der Waals surface area contributed by atoms with Crippen LogP contribution in [0.2, 0.25) is 0 Å². The average molecular weight is 287 g/mol. The molecule has 21 heavy (non-hydrogen) atoms. The van der Waals surface area contributed by atoms with Gasteiger partial charge in [0.1, 0.15) is 5.75 Å². The van der Waals surface area contributed by atoms with Crippen molar-refractivity contribution in [2.45, 2.75) is 32.2 Å². The van der Waals surface area contributed by atoms with Gasteiger partial charge in [-0.2, -0.15) is 5.10 Å². The molecule has 0 aliphatic heterocycles. The Kier molecular flexibility index (Phi) is 5.81. The van der Waals surface area contributed by atoms with Gasteiger partial charge in [-0.3, -0.25) is 4.68 Å². The van der Waals surface area contributed by atoms with Crippen molar-refractivity contribution in [1.82, 2.24) is 15.1 Å². The van der Waals surface area contributed by atoms with Crippen LogP contribution in [-0.4, -0.2) is 29.5 Å². The lowest BCUT2D eigenvalue weighted by molar-refractivity contribution is 0.414. The smallest absolute Gasteiger partial charge is 0.118 e. The maximum Gasteiger partial charge on any atom is 0.118 e. The van der Waals surface area contributed by atoms with Crippen molar-refractivity contribution in [3.05, 3.63) is 47.8 Å². The molecule has 1 N–H and O–H groups in total. The first-order valence-corrected chi connectivity index (χ1v) is 7.56. The van der Waals surface area contributed by atoms with Crippen LogP contribution in [0.5, 0.6) is 5.75 Å². The molecule has 0 saturated carbocycles. The SMILES string of the molecule is CCNC(CCc1ccc(OC)cc1)Cc1ccn(C)n1. The molecule has 1 aromatic heterocycles. The van der Waals surface area contributed by atoms with Crippen molar-refractivity contribution in [3.63, 3.8) is 0 Å². The van der Waals surface area contributed by atoms with Crippen LogP contribution in [0, 0.1) is 0 Å². The maximum absolute atomic E-state index is 5.19. The highest BCUT2D eigenvalue weighted by Gasteiger charge is 2.10. The van der Waals surface area contributed by atoms with Gasteiger partial charge in [0.15, 0.2) is 0 Å². The van der Waals surface area contributed by atoms with E-state index in [4.69, 9.17) is 4.74 Å². The zero-order valence-corrected chi connectivity index (χ0v) is 13.2. The van der Waals surface area contributed by atoms with Crippen LogP contribution in [0.25, 0.3) is 0 Å². The Morgan fingerprint density at radius 1 is 1.24 bits per heavy atom. The van der Waals surface area contributed by atoms with Crippen LogP contribution in [0.15, 0.2) is 36.5 Å². The fraction of sp³-hybridized carbons (Fsp3) is 0.471. The Bertz CT molecular complexity index is 533. The third-order valence-electron chi connectivity index (χ3n) is 3.66. The van der Waals surface area contributed by atoms with E-state index in [0.717, 1.165) is 37.3 Å². The van der Waals surface area contributed by atoms with Crippen LogP contribution in [0.4, 0.5) is 0 Å². The van der Waals surface area contributed by atoms with E-state index in [-0.39, 0.29) is 0 Å². The second-order valence-electron chi connectivity index (χ2n) is 5.33. The summed E-state index contributed by atoms with van der Waals surface area (Å²) >= 11 is 0. The van der Waals surface area contributed by atoms with Gasteiger partial charge in [0.05, 0.1) is 12.8 Å². The fourth-order valence-electron chi connectivity index (χ4n) is 2.52. The van der Waals surface area contributed by atoms with Gasteiger partial charge in [-0.1, -0.05) is 19.1 Å². The molecule has 0 bridgehead atoms. The third kappa shape index (κ3) is 4.90. The van der Waals surface area contributed by atoms with E-state index in [1.165, 1.54) is 5.56 Å². The monoisotopic (exact) mass is 287 g/mol. The number of methoxy groups -OCH3 is 1. The zero-order valence-electron chi connectivity index (χ0n) is 13.2. The second-order valence-corrected chi connectivity index (χ2v) is 5.33. The summed E-state index contributed by atoms with van der Waals surface area (Å²) < 4.78 is 7.05. The molecule has 1 atom stereocenters. The van der Waals surface area contributed by atoms with Crippen LogP contribution >= 0.6 is 0 Å². The first-order chi connectivity index (χ1) is 10.2. The van der Waals surface area contributed by atoms with E-state index in [1.54, 1.807) is 7.11 Å².